The Morgan fingerprint density at radius 2 is 1.65 bits per heavy atom. The summed E-state index contributed by atoms with van der Waals surface area (Å²) in [6, 6.07) is 13.1. The number of carbonyl (C=O) groups excluding carboxylic acids is 1. The van der Waals surface area contributed by atoms with E-state index in [1.807, 2.05) is 6.92 Å². The fourth-order valence-electron chi connectivity index (χ4n) is 3.26. The van der Waals surface area contributed by atoms with E-state index in [-0.39, 0.29) is 12.0 Å². The zero-order chi connectivity index (χ0) is 22.8. The summed E-state index contributed by atoms with van der Waals surface area (Å²) in [6.45, 7) is 7.24. The number of nitrogens with zero attached hydrogens (tertiary/aromatic N) is 1. The molecule has 2 N–H and O–H groups in total. The van der Waals surface area contributed by atoms with E-state index < -0.39 is 27.7 Å². The predicted molar refractivity (Wildman–Crippen MR) is 121 cm³/mol. The van der Waals surface area contributed by atoms with Gasteiger partial charge in [0.15, 0.2) is 6.30 Å². The minimum Gasteiger partial charge on any atom is -0.369 e. The highest BCUT2D eigenvalue weighted by atomic mass is 32.2. The van der Waals surface area contributed by atoms with E-state index in [0.717, 1.165) is 0 Å². The van der Waals surface area contributed by atoms with Crippen LogP contribution in [0.3, 0.4) is 0 Å². The lowest BCUT2D eigenvalue weighted by Crippen LogP contribution is -2.51. The van der Waals surface area contributed by atoms with Crippen LogP contribution in [-0.2, 0) is 14.8 Å². The molecule has 1 fully saturated rings. The van der Waals surface area contributed by atoms with Crippen LogP contribution in [0.4, 0.5) is 21.5 Å². The van der Waals surface area contributed by atoms with Gasteiger partial charge in [0.05, 0.1) is 11.4 Å². The van der Waals surface area contributed by atoms with Gasteiger partial charge in [0.1, 0.15) is 6.10 Å². The lowest BCUT2D eigenvalue weighted by atomic mass is 10.1. The third-order valence-electron chi connectivity index (χ3n) is 5.07. The van der Waals surface area contributed by atoms with Gasteiger partial charge in [-0.05, 0) is 76.2 Å². The minimum atomic E-state index is -3.45. The molecule has 2 aromatic carbocycles. The average molecular weight is 450 g/mol. The fraction of sp³-hybridized carbons (Fsp3) is 0.409. The number of alkyl halides is 1. The van der Waals surface area contributed by atoms with Crippen molar-refractivity contribution in [2.24, 2.45) is 0 Å². The second-order valence-corrected chi connectivity index (χ2v) is 10.2. The smallest absolute Gasteiger partial charge is 0.255 e. The second kappa shape index (κ2) is 9.23. The summed E-state index contributed by atoms with van der Waals surface area (Å²) in [6.07, 6.45) is -1.83. The molecule has 0 aliphatic carbocycles. The van der Waals surface area contributed by atoms with Crippen molar-refractivity contribution in [2.45, 2.75) is 51.4 Å². The van der Waals surface area contributed by atoms with Crippen LogP contribution in [0.1, 0.15) is 38.1 Å². The zero-order valence-electron chi connectivity index (χ0n) is 18.0. The molecule has 1 heterocycles. The maximum atomic E-state index is 14.5. The highest BCUT2D eigenvalue weighted by Crippen LogP contribution is 2.27. The summed E-state index contributed by atoms with van der Waals surface area (Å²) >= 11 is 0. The molecule has 3 atom stereocenters. The molecular weight excluding hydrogens is 421 g/mol. The summed E-state index contributed by atoms with van der Waals surface area (Å²) < 4.78 is 46.4. The quantitative estimate of drug-likeness (QED) is 0.651. The Balaban J connectivity index is 1.64. The molecule has 1 aliphatic rings. The van der Waals surface area contributed by atoms with Gasteiger partial charge in [-0.15, -0.1) is 0 Å². The Labute approximate surface area is 182 Å². The van der Waals surface area contributed by atoms with Crippen LogP contribution in [0.2, 0.25) is 0 Å². The monoisotopic (exact) mass is 449 g/mol. The molecule has 0 bridgehead atoms. The number of hydrogen-bond donors (Lipinski definition) is 2. The van der Waals surface area contributed by atoms with Crippen LogP contribution in [-0.4, -0.2) is 44.6 Å². The third-order valence-corrected chi connectivity index (χ3v) is 6.83. The van der Waals surface area contributed by atoms with Crippen LogP contribution in [0.25, 0.3) is 0 Å². The first-order valence-corrected chi connectivity index (χ1v) is 11.7. The number of morpholine rings is 1. The number of halogens is 1. The first kappa shape index (κ1) is 23.0. The van der Waals surface area contributed by atoms with Crippen molar-refractivity contribution < 1.29 is 22.3 Å². The highest BCUT2D eigenvalue weighted by Gasteiger charge is 2.32. The van der Waals surface area contributed by atoms with Crippen molar-refractivity contribution in [3.63, 3.8) is 0 Å². The molecule has 7 nitrogen and oxygen atoms in total. The molecular formula is C22H28FN3O4S. The van der Waals surface area contributed by atoms with Crippen molar-refractivity contribution >= 4 is 33.0 Å². The molecule has 0 spiro atoms. The Bertz CT molecular complexity index is 1010. The van der Waals surface area contributed by atoms with Crippen LogP contribution in [0, 0.1) is 0 Å². The summed E-state index contributed by atoms with van der Waals surface area (Å²) in [7, 11) is -3.45. The van der Waals surface area contributed by atoms with E-state index in [0.29, 0.717) is 29.2 Å². The Morgan fingerprint density at radius 1 is 1.06 bits per heavy atom. The van der Waals surface area contributed by atoms with Crippen molar-refractivity contribution in [3.8, 4) is 0 Å². The van der Waals surface area contributed by atoms with E-state index >= 15 is 0 Å². The lowest BCUT2D eigenvalue weighted by molar-refractivity contribution is -0.0614. The van der Waals surface area contributed by atoms with Gasteiger partial charge in [-0.3, -0.25) is 9.52 Å². The van der Waals surface area contributed by atoms with Crippen LogP contribution >= 0.6 is 0 Å². The Hall–Kier alpha value is -2.65. The number of nitrogens with one attached hydrogen (secondary N) is 2. The first-order valence-electron chi connectivity index (χ1n) is 10.2. The van der Waals surface area contributed by atoms with Gasteiger partial charge in [0.2, 0.25) is 10.0 Å². The van der Waals surface area contributed by atoms with Crippen LogP contribution in [0.5, 0.6) is 0 Å². The lowest BCUT2D eigenvalue weighted by Gasteiger charge is -2.39. The number of rotatable bonds is 6. The number of carbonyl (C=O) groups is 1. The summed E-state index contributed by atoms with van der Waals surface area (Å²) in [5.74, 6) is -0.331. The molecule has 0 saturated carbocycles. The average Bonchev–Trinajstić information content (AvgIpc) is 2.71. The van der Waals surface area contributed by atoms with Gasteiger partial charge in [-0.2, -0.15) is 0 Å². The maximum Gasteiger partial charge on any atom is 0.255 e. The molecule has 3 unspecified atom stereocenters. The van der Waals surface area contributed by atoms with E-state index in [2.05, 4.69) is 10.0 Å². The molecule has 31 heavy (non-hydrogen) atoms. The summed E-state index contributed by atoms with van der Waals surface area (Å²) in [5, 5.41) is 2.23. The number of ether oxygens (including phenoxy) is 1. The molecule has 9 heteroatoms. The van der Waals surface area contributed by atoms with Crippen molar-refractivity contribution in [2.75, 3.05) is 21.5 Å². The molecule has 1 amide bonds. The molecule has 0 radical (unpaired) electrons. The molecule has 168 valence electrons. The highest BCUT2D eigenvalue weighted by molar-refractivity contribution is 7.93. The van der Waals surface area contributed by atoms with Gasteiger partial charge in [-0.1, -0.05) is 0 Å². The molecule has 0 aromatic heterocycles. The molecule has 1 aliphatic heterocycles. The first-order chi connectivity index (χ1) is 14.6. The van der Waals surface area contributed by atoms with Gasteiger partial charge >= 0.3 is 0 Å². The van der Waals surface area contributed by atoms with Gasteiger partial charge in [0, 0.05) is 29.2 Å². The molecule has 1 saturated heterocycles. The Kier molecular flexibility index (Phi) is 6.86. The third kappa shape index (κ3) is 5.54. The molecule has 3 rings (SSSR count). The van der Waals surface area contributed by atoms with E-state index in [1.165, 1.54) is 0 Å². The van der Waals surface area contributed by atoms with Gasteiger partial charge in [-0.25, -0.2) is 12.8 Å². The number of amides is 1. The van der Waals surface area contributed by atoms with E-state index in [9.17, 15) is 17.6 Å². The number of hydrogen-bond acceptors (Lipinski definition) is 5. The largest absolute Gasteiger partial charge is 0.369 e. The van der Waals surface area contributed by atoms with Gasteiger partial charge in [0.25, 0.3) is 5.91 Å². The zero-order valence-corrected chi connectivity index (χ0v) is 18.8. The van der Waals surface area contributed by atoms with Crippen LogP contribution in [0.15, 0.2) is 48.5 Å². The van der Waals surface area contributed by atoms with Gasteiger partial charge < -0.3 is 15.0 Å². The fourth-order valence-corrected chi connectivity index (χ4v) is 3.96. The van der Waals surface area contributed by atoms with E-state index in [1.54, 1.807) is 74.2 Å². The number of anilines is 3. The number of benzene rings is 2. The minimum absolute atomic E-state index is 0.0747. The summed E-state index contributed by atoms with van der Waals surface area (Å²) in [5.41, 5.74) is 2.07. The summed E-state index contributed by atoms with van der Waals surface area (Å²) in [4.78, 5) is 14.2. The van der Waals surface area contributed by atoms with E-state index in [4.69, 9.17) is 4.74 Å². The van der Waals surface area contributed by atoms with Crippen molar-refractivity contribution in [1.82, 2.24) is 0 Å². The van der Waals surface area contributed by atoms with Crippen molar-refractivity contribution in [1.29, 1.82) is 0 Å². The Morgan fingerprint density at radius 3 is 2.23 bits per heavy atom. The SMILES string of the molecule is CC1CN(c2ccc(NC(=O)c3ccc(NS(=O)(=O)C(C)C)cc3)cc2)C(F)C(C)O1. The predicted octanol–water partition coefficient (Wildman–Crippen LogP) is 4.00. The number of sulfonamides is 1. The molecule has 2 aromatic rings. The van der Waals surface area contributed by atoms with Crippen LogP contribution < -0.4 is 14.9 Å². The normalized spacial score (nSPS) is 21.7. The second-order valence-electron chi connectivity index (χ2n) is 7.95. The topological polar surface area (TPSA) is 87.7 Å². The van der Waals surface area contributed by atoms with Crippen molar-refractivity contribution in [3.05, 3.63) is 54.1 Å². The maximum absolute atomic E-state index is 14.5. The standard InChI is InChI=1S/C22H28FN3O4S/c1-14(2)31(28,29)25-19-7-5-17(6-8-19)22(27)24-18-9-11-20(12-10-18)26-13-15(3)30-16(4)21(26)23/h5-12,14-16,21,25H,13H2,1-4H3,(H,24,27).